The molecule has 2 N–H and O–H groups in total. The molecule has 0 heterocycles. The first-order valence-corrected chi connectivity index (χ1v) is 7.29. The van der Waals surface area contributed by atoms with Gasteiger partial charge >= 0.3 is 5.97 Å². The Morgan fingerprint density at radius 3 is 2.42 bits per heavy atom. The van der Waals surface area contributed by atoms with Crippen molar-refractivity contribution in [2.45, 2.75) is 24.2 Å². The predicted octanol–water partition coefficient (Wildman–Crippen LogP) is 1.23. The first kappa shape index (κ1) is 15.5. The molecule has 0 atom stereocenters. The molecule has 0 aliphatic rings. The van der Waals surface area contributed by atoms with Gasteiger partial charge in [0.05, 0.1) is 12.0 Å². The molecule has 0 aromatic heterocycles. The maximum atomic E-state index is 11.9. The van der Waals surface area contributed by atoms with Crippen molar-refractivity contribution in [1.29, 1.82) is 0 Å². The van der Waals surface area contributed by atoms with Crippen LogP contribution in [0.25, 0.3) is 0 Å². The summed E-state index contributed by atoms with van der Waals surface area (Å²) in [6, 6.07) is 6.05. The summed E-state index contributed by atoms with van der Waals surface area (Å²) in [6.45, 7) is 0.224. The summed E-state index contributed by atoms with van der Waals surface area (Å²) in [7, 11) is -2.03. The minimum Gasteiger partial charge on any atom is -0.497 e. The summed E-state index contributed by atoms with van der Waals surface area (Å²) in [6.07, 6.45) is 0.979. The third kappa shape index (κ3) is 5.27. The Balaban J connectivity index is 2.48. The van der Waals surface area contributed by atoms with Crippen molar-refractivity contribution in [3.05, 3.63) is 24.3 Å². The Bertz CT molecular complexity index is 509. The number of methoxy groups -OCH3 is 1. The molecule has 19 heavy (non-hydrogen) atoms. The van der Waals surface area contributed by atoms with Gasteiger partial charge in [-0.05, 0) is 37.1 Å². The van der Waals surface area contributed by atoms with E-state index in [0.717, 1.165) is 0 Å². The van der Waals surface area contributed by atoms with Gasteiger partial charge in [-0.3, -0.25) is 4.79 Å². The maximum absolute atomic E-state index is 11.9. The molecule has 1 aromatic rings. The van der Waals surface area contributed by atoms with Crippen LogP contribution in [-0.4, -0.2) is 33.1 Å². The minimum absolute atomic E-state index is 0.0459. The van der Waals surface area contributed by atoms with E-state index in [0.29, 0.717) is 18.6 Å². The third-order valence-corrected chi connectivity index (χ3v) is 3.96. The van der Waals surface area contributed by atoms with Gasteiger partial charge in [-0.15, -0.1) is 0 Å². The standard InChI is InChI=1S/C12H17NO5S/c1-18-10-5-7-11(8-6-10)19(16,17)13-9-3-2-4-12(14)15/h5-8,13H,2-4,9H2,1H3,(H,14,15). The topological polar surface area (TPSA) is 92.7 Å². The molecule has 0 fully saturated rings. The number of benzene rings is 1. The molecule has 6 nitrogen and oxygen atoms in total. The van der Waals surface area contributed by atoms with Crippen molar-refractivity contribution in [2.24, 2.45) is 0 Å². The van der Waals surface area contributed by atoms with Crippen LogP contribution in [0.4, 0.5) is 0 Å². The summed E-state index contributed by atoms with van der Waals surface area (Å²) in [5, 5.41) is 8.45. The largest absolute Gasteiger partial charge is 0.497 e. The van der Waals surface area contributed by atoms with Gasteiger partial charge < -0.3 is 9.84 Å². The van der Waals surface area contributed by atoms with E-state index < -0.39 is 16.0 Å². The van der Waals surface area contributed by atoms with Crippen molar-refractivity contribution in [3.63, 3.8) is 0 Å². The third-order valence-electron chi connectivity index (χ3n) is 2.48. The molecule has 0 aliphatic heterocycles. The number of carbonyl (C=O) groups is 1. The van der Waals surface area contributed by atoms with E-state index in [1.54, 1.807) is 12.1 Å². The average molecular weight is 287 g/mol. The number of hydrogen-bond donors (Lipinski definition) is 2. The molecule has 0 spiro atoms. The molecule has 0 aliphatic carbocycles. The summed E-state index contributed by atoms with van der Waals surface area (Å²) >= 11 is 0. The number of nitrogens with one attached hydrogen (secondary N) is 1. The van der Waals surface area contributed by atoms with Gasteiger partial charge in [-0.2, -0.15) is 0 Å². The minimum atomic E-state index is -3.54. The van der Waals surface area contributed by atoms with E-state index in [-0.39, 0.29) is 17.9 Å². The normalized spacial score (nSPS) is 11.2. The molecule has 1 aromatic carbocycles. The monoisotopic (exact) mass is 287 g/mol. The van der Waals surface area contributed by atoms with Crippen molar-refractivity contribution in [3.8, 4) is 5.75 Å². The van der Waals surface area contributed by atoms with Crippen LogP contribution in [0.5, 0.6) is 5.75 Å². The number of unbranched alkanes of at least 4 members (excludes halogenated alkanes) is 1. The van der Waals surface area contributed by atoms with Crippen LogP contribution in [0.2, 0.25) is 0 Å². The fourth-order valence-electron chi connectivity index (χ4n) is 1.45. The second kappa shape index (κ2) is 7.10. The van der Waals surface area contributed by atoms with Crippen molar-refractivity contribution < 1.29 is 23.1 Å². The maximum Gasteiger partial charge on any atom is 0.303 e. The number of carboxylic acids is 1. The SMILES string of the molecule is COc1ccc(S(=O)(=O)NCCCCC(=O)O)cc1. The molecule has 0 saturated carbocycles. The lowest BCUT2D eigenvalue weighted by Crippen LogP contribution is -2.24. The highest BCUT2D eigenvalue weighted by molar-refractivity contribution is 7.89. The van der Waals surface area contributed by atoms with Gasteiger partial charge in [0.15, 0.2) is 0 Å². The summed E-state index contributed by atoms with van der Waals surface area (Å²) in [5.74, 6) is -0.293. The van der Waals surface area contributed by atoms with Crippen LogP contribution in [0, 0.1) is 0 Å². The molecular formula is C12H17NO5S. The van der Waals surface area contributed by atoms with E-state index in [2.05, 4.69) is 4.72 Å². The second-order valence-corrected chi connectivity index (χ2v) is 5.69. The van der Waals surface area contributed by atoms with Crippen molar-refractivity contribution in [2.75, 3.05) is 13.7 Å². The van der Waals surface area contributed by atoms with Crippen molar-refractivity contribution in [1.82, 2.24) is 4.72 Å². The lowest BCUT2D eigenvalue weighted by Gasteiger charge is -2.07. The highest BCUT2D eigenvalue weighted by Gasteiger charge is 2.12. The molecule has 106 valence electrons. The van der Waals surface area contributed by atoms with Gasteiger partial charge in [-0.1, -0.05) is 0 Å². The molecule has 0 saturated heterocycles. The highest BCUT2D eigenvalue weighted by Crippen LogP contribution is 2.15. The molecule has 0 unspecified atom stereocenters. The smallest absolute Gasteiger partial charge is 0.303 e. The number of aliphatic carboxylic acids is 1. The Morgan fingerprint density at radius 2 is 1.89 bits per heavy atom. The van der Waals surface area contributed by atoms with E-state index >= 15 is 0 Å². The van der Waals surface area contributed by atoms with Crippen LogP contribution in [0.3, 0.4) is 0 Å². The summed E-state index contributed by atoms with van der Waals surface area (Å²) in [5.41, 5.74) is 0. The van der Waals surface area contributed by atoms with Crippen molar-refractivity contribution >= 4 is 16.0 Å². The zero-order chi connectivity index (χ0) is 14.3. The second-order valence-electron chi connectivity index (χ2n) is 3.92. The molecule has 0 amide bonds. The average Bonchev–Trinajstić information content (AvgIpc) is 2.38. The Labute approximate surface area is 112 Å². The summed E-state index contributed by atoms with van der Waals surface area (Å²) < 4.78 is 31.1. The highest BCUT2D eigenvalue weighted by atomic mass is 32.2. The van der Waals surface area contributed by atoms with Crippen LogP contribution < -0.4 is 9.46 Å². The Hall–Kier alpha value is -1.60. The lowest BCUT2D eigenvalue weighted by molar-refractivity contribution is -0.137. The van der Waals surface area contributed by atoms with E-state index in [1.165, 1.54) is 19.2 Å². The quantitative estimate of drug-likeness (QED) is 0.701. The van der Waals surface area contributed by atoms with Gasteiger partial charge in [0.25, 0.3) is 0 Å². The molecular weight excluding hydrogens is 270 g/mol. The fourth-order valence-corrected chi connectivity index (χ4v) is 2.52. The molecule has 0 bridgehead atoms. The number of ether oxygens (including phenoxy) is 1. The summed E-state index contributed by atoms with van der Waals surface area (Å²) in [4.78, 5) is 10.4. The molecule has 1 rings (SSSR count). The Kier molecular flexibility index (Phi) is 5.78. The van der Waals surface area contributed by atoms with Gasteiger partial charge in [0.2, 0.25) is 10.0 Å². The van der Waals surface area contributed by atoms with E-state index in [1.807, 2.05) is 0 Å². The van der Waals surface area contributed by atoms with Crippen LogP contribution in [0.15, 0.2) is 29.2 Å². The van der Waals surface area contributed by atoms with Crippen LogP contribution in [-0.2, 0) is 14.8 Å². The predicted molar refractivity (Wildman–Crippen MR) is 69.7 cm³/mol. The first-order valence-electron chi connectivity index (χ1n) is 5.81. The van der Waals surface area contributed by atoms with Gasteiger partial charge in [0, 0.05) is 13.0 Å². The lowest BCUT2D eigenvalue weighted by atomic mass is 10.2. The Morgan fingerprint density at radius 1 is 1.26 bits per heavy atom. The van der Waals surface area contributed by atoms with E-state index in [9.17, 15) is 13.2 Å². The van der Waals surface area contributed by atoms with E-state index in [4.69, 9.17) is 9.84 Å². The number of rotatable bonds is 8. The number of carboxylic acid groups (broad SMARTS) is 1. The fraction of sp³-hybridized carbons (Fsp3) is 0.417. The zero-order valence-corrected chi connectivity index (χ0v) is 11.4. The number of hydrogen-bond acceptors (Lipinski definition) is 4. The van der Waals surface area contributed by atoms with Crippen LogP contribution in [0.1, 0.15) is 19.3 Å². The molecule has 0 radical (unpaired) electrons. The zero-order valence-electron chi connectivity index (χ0n) is 10.6. The molecule has 7 heteroatoms. The first-order chi connectivity index (χ1) is 8.95. The number of sulfonamides is 1. The van der Waals surface area contributed by atoms with Crippen LogP contribution >= 0.6 is 0 Å². The van der Waals surface area contributed by atoms with Gasteiger partial charge in [-0.25, -0.2) is 13.1 Å². The van der Waals surface area contributed by atoms with Gasteiger partial charge in [0.1, 0.15) is 5.75 Å².